The summed E-state index contributed by atoms with van der Waals surface area (Å²) in [4.78, 5) is 18.4. The van der Waals surface area contributed by atoms with Crippen molar-refractivity contribution in [2.24, 2.45) is 4.99 Å². The number of aryl methyl sites for hydroxylation is 1. The molecule has 3 rings (SSSR count). The summed E-state index contributed by atoms with van der Waals surface area (Å²) in [6.07, 6.45) is 4.14. The molecule has 3 heterocycles. The summed E-state index contributed by atoms with van der Waals surface area (Å²) < 4.78 is 16.0. The van der Waals surface area contributed by atoms with E-state index >= 15 is 0 Å². The Labute approximate surface area is 188 Å². The molecule has 0 aromatic carbocycles. The lowest BCUT2D eigenvalue weighted by Gasteiger charge is -2.26. The number of esters is 1. The first-order valence-corrected chi connectivity index (χ1v) is 9.52. The van der Waals surface area contributed by atoms with Crippen LogP contribution in [-0.2, 0) is 11.3 Å². The summed E-state index contributed by atoms with van der Waals surface area (Å²) >= 11 is 0. The summed E-state index contributed by atoms with van der Waals surface area (Å²) in [7, 11) is 3.08. The van der Waals surface area contributed by atoms with E-state index in [1.54, 1.807) is 26.3 Å². The molecule has 0 radical (unpaired) electrons. The number of furan rings is 2. The molecule has 2 aromatic rings. The van der Waals surface area contributed by atoms with Crippen LogP contribution >= 0.6 is 24.0 Å². The summed E-state index contributed by atoms with van der Waals surface area (Å²) in [6, 6.07) is 5.79. The van der Waals surface area contributed by atoms with Crippen LogP contribution in [0.3, 0.4) is 0 Å². The van der Waals surface area contributed by atoms with Gasteiger partial charge < -0.3 is 24.2 Å². The number of guanidine groups is 1. The van der Waals surface area contributed by atoms with Crippen LogP contribution in [0.25, 0.3) is 0 Å². The minimum absolute atomic E-state index is 0. The summed E-state index contributed by atoms with van der Waals surface area (Å²) in [5.41, 5.74) is 0.439. The third-order valence-corrected chi connectivity index (χ3v) is 4.94. The van der Waals surface area contributed by atoms with Gasteiger partial charge in [-0.05, 0) is 51.1 Å². The fourth-order valence-corrected chi connectivity index (χ4v) is 3.47. The van der Waals surface area contributed by atoms with Crippen LogP contribution in [-0.4, -0.2) is 50.6 Å². The molecule has 0 bridgehead atoms. The Balaban J connectivity index is 0.00000300. The SMILES string of the molecule is CN=C(NCc1cc(C(=O)OC)c(C)o1)NCC(c1ccco1)N1CCCC1.I. The first-order chi connectivity index (χ1) is 13.6. The van der Waals surface area contributed by atoms with Crippen molar-refractivity contribution in [2.45, 2.75) is 32.4 Å². The van der Waals surface area contributed by atoms with Crippen molar-refractivity contribution in [3.63, 3.8) is 0 Å². The van der Waals surface area contributed by atoms with E-state index in [0.29, 0.717) is 36.1 Å². The minimum Gasteiger partial charge on any atom is -0.468 e. The number of ether oxygens (including phenoxy) is 1. The number of rotatable bonds is 7. The number of nitrogens with zero attached hydrogens (tertiary/aromatic N) is 2. The number of halogens is 1. The van der Waals surface area contributed by atoms with Crippen LogP contribution in [0, 0.1) is 6.92 Å². The number of hydrogen-bond acceptors (Lipinski definition) is 6. The van der Waals surface area contributed by atoms with Gasteiger partial charge in [0.15, 0.2) is 5.96 Å². The molecule has 0 amide bonds. The average Bonchev–Trinajstić information content (AvgIpc) is 3.46. The van der Waals surface area contributed by atoms with Crippen molar-refractivity contribution in [1.82, 2.24) is 15.5 Å². The van der Waals surface area contributed by atoms with Gasteiger partial charge in [0, 0.05) is 13.6 Å². The smallest absolute Gasteiger partial charge is 0.341 e. The molecule has 1 aliphatic heterocycles. The van der Waals surface area contributed by atoms with Crippen molar-refractivity contribution >= 4 is 35.9 Å². The van der Waals surface area contributed by atoms with E-state index < -0.39 is 5.97 Å². The van der Waals surface area contributed by atoms with Gasteiger partial charge in [-0.15, -0.1) is 24.0 Å². The quantitative estimate of drug-likeness (QED) is 0.253. The van der Waals surface area contributed by atoms with Gasteiger partial charge >= 0.3 is 5.97 Å². The molecule has 1 fully saturated rings. The van der Waals surface area contributed by atoms with Crippen molar-refractivity contribution in [2.75, 3.05) is 33.8 Å². The molecule has 1 aliphatic rings. The molecule has 0 spiro atoms. The van der Waals surface area contributed by atoms with Crippen LogP contribution in [0.4, 0.5) is 0 Å². The predicted molar refractivity (Wildman–Crippen MR) is 121 cm³/mol. The van der Waals surface area contributed by atoms with E-state index in [0.717, 1.165) is 18.8 Å². The fourth-order valence-electron chi connectivity index (χ4n) is 3.47. The van der Waals surface area contributed by atoms with E-state index in [4.69, 9.17) is 13.6 Å². The Bertz CT molecular complexity index is 798. The number of nitrogens with one attached hydrogen (secondary N) is 2. The zero-order valence-electron chi connectivity index (χ0n) is 17.1. The van der Waals surface area contributed by atoms with Gasteiger partial charge in [-0.3, -0.25) is 9.89 Å². The molecule has 2 N–H and O–H groups in total. The maximum absolute atomic E-state index is 11.7. The number of hydrogen-bond donors (Lipinski definition) is 2. The number of likely N-dealkylation sites (tertiary alicyclic amines) is 1. The number of carbonyl (C=O) groups excluding carboxylic acids is 1. The minimum atomic E-state index is -0.401. The third-order valence-electron chi connectivity index (χ3n) is 4.94. The lowest BCUT2D eigenvalue weighted by Crippen LogP contribution is -2.42. The fraction of sp³-hybridized carbons (Fsp3) is 0.500. The van der Waals surface area contributed by atoms with Crippen LogP contribution < -0.4 is 10.6 Å². The van der Waals surface area contributed by atoms with E-state index in [-0.39, 0.29) is 30.0 Å². The van der Waals surface area contributed by atoms with Crippen LogP contribution in [0.5, 0.6) is 0 Å². The molecule has 2 aromatic heterocycles. The van der Waals surface area contributed by atoms with Gasteiger partial charge in [0.1, 0.15) is 22.8 Å². The Kier molecular flexibility index (Phi) is 9.02. The van der Waals surface area contributed by atoms with Gasteiger partial charge in [0.2, 0.25) is 0 Å². The van der Waals surface area contributed by atoms with Gasteiger partial charge in [-0.2, -0.15) is 0 Å². The lowest BCUT2D eigenvalue weighted by atomic mass is 10.2. The highest BCUT2D eigenvalue weighted by Crippen LogP contribution is 2.24. The molecule has 0 saturated carbocycles. The Morgan fingerprint density at radius 1 is 1.34 bits per heavy atom. The monoisotopic (exact) mass is 516 g/mol. The highest BCUT2D eigenvalue weighted by atomic mass is 127. The van der Waals surface area contributed by atoms with Crippen molar-refractivity contribution in [1.29, 1.82) is 0 Å². The largest absolute Gasteiger partial charge is 0.468 e. The van der Waals surface area contributed by atoms with E-state index in [1.807, 2.05) is 12.1 Å². The lowest BCUT2D eigenvalue weighted by molar-refractivity contribution is 0.0599. The zero-order valence-corrected chi connectivity index (χ0v) is 19.4. The standard InChI is InChI=1S/C20H28N4O4.HI/c1-14-16(19(25)26-3)11-15(28-14)12-22-20(21-2)23-13-17(18-7-6-10-27-18)24-8-4-5-9-24;/h6-7,10-11,17H,4-5,8-9,12-13H2,1-3H3,(H2,21,22,23);1H. The Morgan fingerprint density at radius 3 is 2.72 bits per heavy atom. The second-order valence-corrected chi connectivity index (χ2v) is 6.76. The maximum atomic E-state index is 11.7. The molecule has 1 saturated heterocycles. The van der Waals surface area contributed by atoms with Crippen molar-refractivity contribution in [3.8, 4) is 0 Å². The average molecular weight is 516 g/mol. The topological polar surface area (TPSA) is 92.2 Å². The molecular weight excluding hydrogens is 487 g/mol. The Morgan fingerprint density at radius 2 is 2.10 bits per heavy atom. The summed E-state index contributed by atoms with van der Waals surface area (Å²) in [6.45, 7) is 4.97. The molecular formula is C20H29IN4O4. The maximum Gasteiger partial charge on any atom is 0.341 e. The molecule has 8 nitrogen and oxygen atoms in total. The number of methoxy groups -OCH3 is 1. The molecule has 0 aliphatic carbocycles. The van der Waals surface area contributed by atoms with E-state index in [9.17, 15) is 4.79 Å². The van der Waals surface area contributed by atoms with Gasteiger partial charge in [0.25, 0.3) is 0 Å². The predicted octanol–water partition coefficient (Wildman–Crippen LogP) is 3.09. The third kappa shape index (κ3) is 5.99. The molecule has 9 heteroatoms. The summed E-state index contributed by atoms with van der Waals surface area (Å²) in [5, 5.41) is 6.58. The van der Waals surface area contributed by atoms with Crippen molar-refractivity contribution < 1.29 is 18.4 Å². The molecule has 160 valence electrons. The molecule has 1 unspecified atom stereocenters. The van der Waals surface area contributed by atoms with Crippen molar-refractivity contribution in [3.05, 3.63) is 47.3 Å². The molecule has 29 heavy (non-hydrogen) atoms. The second-order valence-electron chi connectivity index (χ2n) is 6.76. The summed E-state index contributed by atoms with van der Waals surface area (Å²) in [5.74, 6) is 2.39. The Hall–Kier alpha value is -2.01. The highest BCUT2D eigenvalue weighted by molar-refractivity contribution is 14.0. The van der Waals surface area contributed by atoms with Crippen LogP contribution in [0.15, 0.2) is 38.3 Å². The first-order valence-electron chi connectivity index (χ1n) is 9.52. The highest BCUT2D eigenvalue weighted by Gasteiger charge is 2.25. The molecule has 1 atom stereocenters. The van der Waals surface area contributed by atoms with Gasteiger partial charge in [0.05, 0.1) is 26.0 Å². The van der Waals surface area contributed by atoms with Gasteiger partial charge in [-0.1, -0.05) is 0 Å². The first kappa shape index (κ1) is 23.3. The normalized spacial score (nSPS) is 15.6. The number of aliphatic imine (C=N–C) groups is 1. The van der Waals surface area contributed by atoms with Gasteiger partial charge in [-0.25, -0.2) is 4.79 Å². The van der Waals surface area contributed by atoms with Crippen LogP contribution in [0.1, 0.15) is 46.5 Å². The zero-order chi connectivity index (χ0) is 19.9. The second kappa shape index (κ2) is 11.2. The number of carbonyl (C=O) groups is 1. The van der Waals surface area contributed by atoms with E-state index in [2.05, 4.69) is 20.5 Å². The van der Waals surface area contributed by atoms with Crippen LogP contribution in [0.2, 0.25) is 0 Å². The van der Waals surface area contributed by atoms with E-state index in [1.165, 1.54) is 20.0 Å².